The van der Waals surface area contributed by atoms with Crippen LogP contribution in [0.2, 0.25) is 0 Å². The summed E-state index contributed by atoms with van der Waals surface area (Å²) in [5, 5.41) is 12.5. The maximum absolute atomic E-state index is 12.5. The minimum Gasteiger partial charge on any atom is -0.392 e. The highest BCUT2D eigenvalue weighted by atomic mass is 16.7. The fraction of sp³-hybridized carbons (Fsp3) is 0.314. The zero-order valence-electron chi connectivity index (χ0n) is 24.1. The fourth-order valence-corrected chi connectivity index (χ4v) is 5.61. The Morgan fingerprint density at radius 3 is 2.44 bits per heavy atom. The second-order valence-electron chi connectivity index (χ2n) is 11.0. The van der Waals surface area contributed by atoms with E-state index < -0.39 is 6.29 Å². The molecule has 0 bridgehead atoms. The van der Waals surface area contributed by atoms with Gasteiger partial charge in [-0.1, -0.05) is 60.7 Å². The smallest absolute Gasteiger partial charge is 0.253 e. The number of rotatable bonds is 9. The number of hydrogen-bond acceptors (Lipinski definition) is 7. The van der Waals surface area contributed by atoms with Crippen LogP contribution in [0.15, 0.2) is 97.3 Å². The summed E-state index contributed by atoms with van der Waals surface area (Å²) in [4.78, 5) is 18.9. The SMILES string of the molecule is O=C(NCc1cccc(-c2cccc(C3OC(CN4CCOCC4)CC(c4ccc(CO)cc4)O3)c2)c1)c1cccnc1. The van der Waals surface area contributed by atoms with Crippen LogP contribution in [-0.4, -0.2) is 59.8 Å². The first-order valence-electron chi connectivity index (χ1n) is 14.8. The summed E-state index contributed by atoms with van der Waals surface area (Å²) in [6, 6.07) is 28.0. The van der Waals surface area contributed by atoms with Crippen molar-refractivity contribution in [3.63, 3.8) is 0 Å². The van der Waals surface area contributed by atoms with Crippen LogP contribution in [0.25, 0.3) is 11.1 Å². The Morgan fingerprint density at radius 2 is 1.67 bits per heavy atom. The number of amides is 1. The highest BCUT2D eigenvalue weighted by Gasteiger charge is 2.33. The van der Waals surface area contributed by atoms with Gasteiger partial charge in [-0.05, 0) is 52.1 Å². The van der Waals surface area contributed by atoms with Crippen LogP contribution in [-0.2, 0) is 27.4 Å². The number of aliphatic hydroxyl groups is 1. The van der Waals surface area contributed by atoms with E-state index in [0.717, 1.165) is 72.6 Å². The third kappa shape index (κ3) is 7.54. The minimum absolute atomic E-state index is 0.00483. The van der Waals surface area contributed by atoms with Gasteiger partial charge in [-0.3, -0.25) is 14.7 Å². The summed E-state index contributed by atoms with van der Waals surface area (Å²) in [5.41, 5.74) is 6.54. The van der Waals surface area contributed by atoms with Gasteiger partial charge in [-0.2, -0.15) is 0 Å². The van der Waals surface area contributed by atoms with Crippen molar-refractivity contribution in [2.75, 3.05) is 32.8 Å². The Balaban J connectivity index is 1.19. The first-order chi connectivity index (χ1) is 21.1. The van der Waals surface area contributed by atoms with Gasteiger partial charge in [-0.25, -0.2) is 0 Å². The number of benzene rings is 3. The molecule has 43 heavy (non-hydrogen) atoms. The predicted octanol–water partition coefficient (Wildman–Crippen LogP) is 5.05. The summed E-state index contributed by atoms with van der Waals surface area (Å²) >= 11 is 0. The maximum Gasteiger partial charge on any atom is 0.253 e. The molecule has 2 saturated heterocycles. The van der Waals surface area contributed by atoms with Crippen molar-refractivity contribution in [3.8, 4) is 11.1 Å². The van der Waals surface area contributed by atoms with Crippen LogP contribution >= 0.6 is 0 Å². The number of carbonyl (C=O) groups excluding carboxylic acids is 1. The summed E-state index contributed by atoms with van der Waals surface area (Å²) < 4.78 is 18.7. The van der Waals surface area contributed by atoms with Crippen LogP contribution in [0.5, 0.6) is 0 Å². The number of morpholine rings is 1. The highest BCUT2D eigenvalue weighted by Crippen LogP contribution is 2.39. The fourth-order valence-electron chi connectivity index (χ4n) is 5.61. The van der Waals surface area contributed by atoms with Crippen LogP contribution in [0.4, 0.5) is 0 Å². The van der Waals surface area contributed by atoms with E-state index in [1.807, 2.05) is 42.5 Å². The monoisotopic (exact) mass is 579 g/mol. The minimum atomic E-state index is -0.524. The number of aromatic nitrogens is 1. The van der Waals surface area contributed by atoms with Gasteiger partial charge in [0.25, 0.3) is 5.91 Å². The Hall–Kier alpha value is -3.92. The Kier molecular flexibility index (Phi) is 9.52. The molecule has 2 N–H and O–H groups in total. The van der Waals surface area contributed by atoms with E-state index in [-0.39, 0.29) is 24.7 Å². The molecule has 0 radical (unpaired) electrons. The molecule has 1 amide bonds. The van der Waals surface area contributed by atoms with Gasteiger partial charge in [0.2, 0.25) is 0 Å². The largest absolute Gasteiger partial charge is 0.392 e. The maximum atomic E-state index is 12.5. The first-order valence-corrected chi connectivity index (χ1v) is 14.8. The Morgan fingerprint density at radius 1 is 0.884 bits per heavy atom. The van der Waals surface area contributed by atoms with Gasteiger partial charge in [0.15, 0.2) is 6.29 Å². The van der Waals surface area contributed by atoms with E-state index in [2.05, 4.69) is 45.5 Å². The molecule has 2 aliphatic rings. The van der Waals surface area contributed by atoms with Gasteiger partial charge >= 0.3 is 0 Å². The third-order valence-corrected chi connectivity index (χ3v) is 7.98. The molecule has 8 heteroatoms. The molecule has 3 atom stereocenters. The van der Waals surface area contributed by atoms with Gasteiger partial charge < -0.3 is 24.6 Å². The number of carbonyl (C=O) groups is 1. The molecule has 0 saturated carbocycles. The van der Waals surface area contributed by atoms with Crippen LogP contribution in [0, 0.1) is 0 Å². The van der Waals surface area contributed by atoms with Crippen LogP contribution in [0.3, 0.4) is 0 Å². The van der Waals surface area contributed by atoms with Crippen molar-refractivity contribution in [2.24, 2.45) is 0 Å². The third-order valence-electron chi connectivity index (χ3n) is 7.98. The summed E-state index contributed by atoms with van der Waals surface area (Å²) in [6.45, 7) is 4.53. The first kappa shape index (κ1) is 29.2. The molecular formula is C35H37N3O5. The molecular weight excluding hydrogens is 542 g/mol. The highest BCUT2D eigenvalue weighted by molar-refractivity contribution is 5.93. The molecule has 0 spiro atoms. The lowest BCUT2D eigenvalue weighted by atomic mass is 9.98. The number of nitrogens with zero attached hydrogens (tertiary/aromatic N) is 2. The molecule has 3 heterocycles. The predicted molar refractivity (Wildman–Crippen MR) is 163 cm³/mol. The summed E-state index contributed by atoms with van der Waals surface area (Å²) in [5.74, 6) is -0.153. The molecule has 2 fully saturated rings. The lowest BCUT2D eigenvalue weighted by Gasteiger charge is -2.39. The molecule has 4 aromatic rings. The van der Waals surface area contributed by atoms with Crippen LogP contribution in [0.1, 0.15) is 51.4 Å². The van der Waals surface area contributed by atoms with Crippen molar-refractivity contribution in [3.05, 3.63) is 125 Å². The lowest BCUT2D eigenvalue weighted by Crippen LogP contribution is -2.44. The van der Waals surface area contributed by atoms with Crippen molar-refractivity contribution in [1.29, 1.82) is 0 Å². The van der Waals surface area contributed by atoms with E-state index >= 15 is 0 Å². The molecule has 6 rings (SSSR count). The Bertz CT molecular complexity index is 1490. The average molecular weight is 580 g/mol. The van der Waals surface area contributed by atoms with Crippen molar-refractivity contribution in [2.45, 2.75) is 38.1 Å². The molecule has 8 nitrogen and oxygen atoms in total. The second kappa shape index (κ2) is 14.0. The number of hydrogen-bond donors (Lipinski definition) is 2. The lowest BCUT2D eigenvalue weighted by molar-refractivity contribution is -0.253. The number of pyridine rings is 1. The molecule has 1 aromatic heterocycles. The molecule has 2 aliphatic heterocycles. The Labute approximate surface area is 252 Å². The summed E-state index contributed by atoms with van der Waals surface area (Å²) in [6.07, 6.45) is 3.30. The molecule has 0 aliphatic carbocycles. The molecule has 3 aromatic carbocycles. The quantitative estimate of drug-likeness (QED) is 0.287. The van der Waals surface area contributed by atoms with E-state index in [1.54, 1.807) is 24.5 Å². The van der Waals surface area contributed by atoms with Crippen molar-refractivity contribution in [1.82, 2.24) is 15.2 Å². The van der Waals surface area contributed by atoms with Crippen molar-refractivity contribution >= 4 is 5.91 Å². The normalized spacial score (nSPS) is 20.9. The van der Waals surface area contributed by atoms with E-state index in [1.165, 1.54) is 0 Å². The van der Waals surface area contributed by atoms with Gasteiger partial charge in [0.1, 0.15) is 0 Å². The van der Waals surface area contributed by atoms with Gasteiger partial charge in [0.05, 0.1) is 37.6 Å². The standard InChI is InChI=1S/C35H37N3O5/c39-24-25-9-11-27(12-10-25)33-20-32(23-38-14-16-41-17-15-38)42-35(43-33)30-7-2-6-29(19-30)28-5-1-4-26(18-28)21-37-34(40)31-8-3-13-36-22-31/h1-13,18-19,22,32-33,35,39H,14-17,20-21,23-24H2,(H,37,40). The van der Waals surface area contributed by atoms with Crippen molar-refractivity contribution < 1.29 is 24.1 Å². The van der Waals surface area contributed by atoms with Gasteiger partial charge in [-0.15, -0.1) is 0 Å². The van der Waals surface area contributed by atoms with Crippen LogP contribution < -0.4 is 5.32 Å². The topological polar surface area (TPSA) is 93.2 Å². The summed E-state index contributed by atoms with van der Waals surface area (Å²) in [7, 11) is 0. The van der Waals surface area contributed by atoms with E-state index in [9.17, 15) is 9.90 Å². The molecule has 222 valence electrons. The number of ether oxygens (including phenoxy) is 3. The zero-order chi connectivity index (χ0) is 29.4. The van der Waals surface area contributed by atoms with E-state index in [4.69, 9.17) is 14.2 Å². The zero-order valence-corrected chi connectivity index (χ0v) is 24.1. The van der Waals surface area contributed by atoms with E-state index in [0.29, 0.717) is 12.1 Å². The number of aliphatic hydroxyl groups excluding tert-OH is 1. The number of nitrogens with one attached hydrogen (secondary N) is 1. The second-order valence-corrected chi connectivity index (χ2v) is 11.0. The average Bonchev–Trinajstić information content (AvgIpc) is 3.08. The molecule has 3 unspecified atom stereocenters. The van der Waals surface area contributed by atoms with Gasteiger partial charge in [0, 0.05) is 50.6 Å².